The van der Waals surface area contributed by atoms with Crippen molar-refractivity contribution in [2.45, 2.75) is 44.9 Å². The Hall–Kier alpha value is -3.23. The molecule has 3 N–H and O–H groups in total. The Kier molecular flexibility index (Phi) is 10.5. The summed E-state index contributed by atoms with van der Waals surface area (Å²) in [5.74, 6) is -3.54. The minimum atomic E-state index is -1.82. The summed E-state index contributed by atoms with van der Waals surface area (Å²) in [6.45, 7) is 6.25. The monoisotopic (exact) mass is 456 g/mol. The summed E-state index contributed by atoms with van der Waals surface area (Å²) in [6.07, 6.45) is 2.06. The van der Waals surface area contributed by atoms with Crippen LogP contribution in [-0.2, 0) is 19.1 Å². The van der Waals surface area contributed by atoms with Crippen molar-refractivity contribution in [3.8, 4) is 0 Å². The third kappa shape index (κ3) is 9.43. The molecule has 0 bridgehead atoms. The van der Waals surface area contributed by atoms with Gasteiger partial charge in [-0.25, -0.2) is 9.59 Å². The second-order valence-electron chi connectivity index (χ2n) is 8.15. The van der Waals surface area contributed by atoms with Gasteiger partial charge < -0.3 is 20.3 Å². The highest BCUT2D eigenvalue weighted by Crippen LogP contribution is 2.29. The average molecular weight is 457 g/mol. The van der Waals surface area contributed by atoms with Crippen molar-refractivity contribution in [1.82, 2.24) is 10.2 Å². The molecule has 1 heterocycles. The van der Waals surface area contributed by atoms with Crippen LogP contribution < -0.4 is 5.32 Å². The fourth-order valence-electron chi connectivity index (χ4n) is 3.57. The van der Waals surface area contributed by atoms with Crippen LogP contribution >= 0.6 is 0 Å². The molecule has 2 aromatic carbocycles. The van der Waals surface area contributed by atoms with Crippen molar-refractivity contribution in [2.24, 2.45) is 0 Å². The molecule has 1 aliphatic rings. The molecule has 0 aromatic heterocycles. The standard InChI is InChI=1S/C23H30N2O2.C2H2O4/c1-18(2)24-22(26)17-25-15-13-21(14-16-25)27-23(19-9-5-3-6-10-19)20-11-7-4-8-12-20;3-1(4)2(5)6/h3-12,18,21,23H,13-17H2,1-2H3,(H,24,26);(H,3,4)(H,5,6). The van der Waals surface area contributed by atoms with E-state index in [1.165, 1.54) is 11.1 Å². The number of carbonyl (C=O) groups excluding carboxylic acids is 1. The second kappa shape index (κ2) is 13.3. The molecule has 1 aliphatic heterocycles. The van der Waals surface area contributed by atoms with E-state index < -0.39 is 11.9 Å². The first kappa shape index (κ1) is 26.0. The Morgan fingerprint density at radius 3 is 1.76 bits per heavy atom. The predicted molar refractivity (Wildman–Crippen MR) is 124 cm³/mol. The maximum absolute atomic E-state index is 12.0. The molecule has 0 atom stereocenters. The second-order valence-corrected chi connectivity index (χ2v) is 8.15. The fourth-order valence-corrected chi connectivity index (χ4v) is 3.57. The molecule has 0 spiro atoms. The van der Waals surface area contributed by atoms with Gasteiger partial charge in [-0.1, -0.05) is 60.7 Å². The first-order valence-electron chi connectivity index (χ1n) is 11.0. The van der Waals surface area contributed by atoms with Crippen molar-refractivity contribution < 1.29 is 29.3 Å². The molecule has 0 radical (unpaired) electrons. The molecule has 8 nitrogen and oxygen atoms in total. The summed E-state index contributed by atoms with van der Waals surface area (Å²) in [5.41, 5.74) is 2.37. The molecule has 2 aromatic rings. The van der Waals surface area contributed by atoms with Gasteiger partial charge in [-0.05, 0) is 37.8 Å². The van der Waals surface area contributed by atoms with Gasteiger partial charge in [0.05, 0.1) is 12.6 Å². The quantitative estimate of drug-likeness (QED) is 0.549. The van der Waals surface area contributed by atoms with Crippen molar-refractivity contribution >= 4 is 17.8 Å². The SMILES string of the molecule is CC(C)NC(=O)CN1CCC(OC(c2ccccc2)c2ccccc2)CC1.O=C(O)C(=O)O. The van der Waals surface area contributed by atoms with Gasteiger partial charge in [0.15, 0.2) is 0 Å². The predicted octanol–water partition coefficient (Wildman–Crippen LogP) is 2.94. The average Bonchev–Trinajstić information content (AvgIpc) is 2.79. The van der Waals surface area contributed by atoms with E-state index in [9.17, 15) is 4.79 Å². The molecule has 1 saturated heterocycles. The van der Waals surface area contributed by atoms with E-state index in [1.54, 1.807) is 0 Å². The number of nitrogens with zero attached hydrogens (tertiary/aromatic N) is 1. The van der Waals surface area contributed by atoms with E-state index in [4.69, 9.17) is 24.5 Å². The number of aliphatic carboxylic acids is 2. The van der Waals surface area contributed by atoms with Gasteiger partial charge in [-0.15, -0.1) is 0 Å². The summed E-state index contributed by atoms with van der Waals surface area (Å²) in [6, 6.07) is 21.0. The largest absolute Gasteiger partial charge is 0.473 e. The minimum absolute atomic E-state index is 0.0480. The number of amides is 1. The summed E-state index contributed by atoms with van der Waals surface area (Å²) >= 11 is 0. The van der Waals surface area contributed by atoms with E-state index in [2.05, 4.69) is 58.7 Å². The third-order valence-electron chi connectivity index (χ3n) is 5.07. The topological polar surface area (TPSA) is 116 Å². The number of piperidine rings is 1. The van der Waals surface area contributed by atoms with Gasteiger partial charge in [0.2, 0.25) is 5.91 Å². The van der Waals surface area contributed by atoms with Crippen molar-refractivity contribution in [2.75, 3.05) is 19.6 Å². The number of carbonyl (C=O) groups is 3. The normalized spacial score (nSPS) is 14.4. The molecular formula is C25H32N2O6. The maximum Gasteiger partial charge on any atom is 0.414 e. The first-order valence-corrected chi connectivity index (χ1v) is 11.0. The van der Waals surface area contributed by atoms with E-state index in [-0.39, 0.29) is 24.2 Å². The summed E-state index contributed by atoms with van der Waals surface area (Å²) in [5, 5.41) is 17.7. The Morgan fingerprint density at radius 1 is 0.909 bits per heavy atom. The van der Waals surface area contributed by atoms with Gasteiger partial charge in [-0.3, -0.25) is 9.69 Å². The lowest BCUT2D eigenvalue weighted by Crippen LogP contribution is -2.44. The molecule has 8 heteroatoms. The van der Waals surface area contributed by atoms with Crippen LogP contribution in [0.25, 0.3) is 0 Å². The lowest BCUT2D eigenvalue weighted by molar-refractivity contribution is -0.159. The van der Waals surface area contributed by atoms with Crippen LogP contribution in [0.2, 0.25) is 0 Å². The number of ether oxygens (including phenoxy) is 1. The van der Waals surface area contributed by atoms with Gasteiger partial charge in [-0.2, -0.15) is 0 Å². The molecule has 178 valence electrons. The zero-order valence-corrected chi connectivity index (χ0v) is 19.0. The zero-order chi connectivity index (χ0) is 24.2. The van der Waals surface area contributed by atoms with Crippen LogP contribution in [0.4, 0.5) is 0 Å². The number of hydrogen-bond acceptors (Lipinski definition) is 5. The van der Waals surface area contributed by atoms with E-state index in [0.29, 0.717) is 6.54 Å². The fraction of sp³-hybridized carbons (Fsp3) is 0.400. The Bertz CT molecular complexity index is 829. The molecule has 1 amide bonds. The summed E-state index contributed by atoms with van der Waals surface area (Å²) < 4.78 is 6.55. The number of carboxylic acid groups (broad SMARTS) is 2. The number of benzene rings is 2. The molecule has 33 heavy (non-hydrogen) atoms. The van der Waals surface area contributed by atoms with Crippen LogP contribution in [0.15, 0.2) is 60.7 Å². The van der Waals surface area contributed by atoms with Crippen molar-refractivity contribution in [3.63, 3.8) is 0 Å². The lowest BCUT2D eigenvalue weighted by atomic mass is 10.00. The summed E-state index contributed by atoms with van der Waals surface area (Å²) in [4.78, 5) is 32.4. The molecular weight excluding hydrogens is 424 g/mol. The first-order chi connectivity index (χ1) is 15.8. The van der Waals surface area contributed by atoms with Gasteiger partial charge >= 0.3 is 11.9 Å². The van der Waals surface area contributed by atoms with Crippen LogP contribution in [0, 0.1) is 0 Å². The molecule has 0 aliphatic carbocycles. The molecule has 3 rings (SSSR count). The van der Waals surface area contributed by atoms with Crippen molar-refractivity contribution in [3.05, 3.63) is 71.8 Å². The van der Waals surface area contributed by atoms with Gasteiger partial charge in [0, 0.05) is 19.1 Å². The Labute approximate surface area is 194 Å². The maximum atomic E-state index is 12.0. The number of carboxylic acids is 2. The van der Waals surface area contributed by atoms with E-state index in [0.717, 1.165) is 25.9 Å². The van der Waals surface area contributed by atoms with E-state index >= 15 is 0 Å². The minimum Gasteiger partial charge on any atom is -0.473 e. The summed E-state index contributed by atoms with van der Waals surface area (Å²) in [7, 11) is 0. The zero-order valence-electron chi connectivity index (χ0n) is 19.0. The Morgan fingerprint density at radius 2 is 1.36 bits per heavy atom. The molecule has 1 fully saturated rings. The van der Waals surface area contributed by atoms with Crippen molar-refractivity contribution in [1.29, 1.82) is 0 Å². The molecule has 0 unspecified atom stereocenters. The van der Waals surface area contributed by atoms with Crippen LogP contribution in [0.5, 0.6) is 0 Å². The number of nitrogens with one attached hydrogen (secondary N) is 1. The highest BCUT2D eigenvalue weighted by Gasteiger charge is 2.25. The number of likely N-dealkylation sites (tertiary alicyclic amines) is 1. The highest BCUT2D eigenvalue weighted by atomic mass is 16.5. The smallest absolute Gasteiger partial charge is 0.414 e. The number of rotatable bonds is 7. The Balaban J connectivity index is 0.000000569. The van der Waals surface area contributed by atoms with Gasteiger partial charge in [0.25, 0.3) is 0 Å². The van der Waals surface area contributed by atoms with Crippen LogP contribution in [0.3, 0.4) is 0 Å². The van der Waals surface area contributed by atoms with Crippen LogP contribution in [-0.4, -0.2) is 64.7 Å². The van der Waals surface area contributed by atoms with Gasteiger partial charge in [0.1, 0.15) is 6.10 Å². The molecule has 0 saturated carbocycles. The lowest BCUT2D eigenvalue weighted by Gasteiger charge is -2.34. The van der Waals surface area contributed by atoms with Crippen LogP contribution in [0.1, 0.15) is 43.9 Å². The number of hydrogen-bond donors (Lipinski definition) is 3. The highest BCUT2D eigenvalue weighted by molar-refractivity contribution is 6.27. The third-order valence-corrected chi connectivity index (χ3v) is 5.07. The van der Waals surface area contributed by atoms with E-state index in [1.807, 2.05) is 26.0 Å².